The molecule has 3 nitrogen and oxygen atoms in total. The number of fused-ring (bicyclic) bond motifs is 1. The van der Waals surface area contributed by atoms with Gasteiger partial charge in [-0.05, 0) is 35.2 Å². The summed E-state index contributed by atoms with van der Waals surface area (Å²) in [6, 6.07) is 22.0. The molecule has 0 atom stereocenters. The molecule has 0 saturated carbocycles. The van der Waals surface area contributed by atoms with Crippen molar-refractivity contribution in [2.24, 2.45) is 0 Å². The molecular weight excluding hydrogens is 296 g/mol. The lowest BCUT2D eigenvalue weighted by atomic mass is 10.1. The zero-order valence-corrected chi connectivity index (χ0v) is 13.9. The van der Waals surface area contributed by atoms with Crippen LogP contribution in [0.5, 0.6) is 0 Å². The van der Waals surface area contributed by atoms with Crippen molar-refractivity contribution in [1.29, 1.82) is 0 Å². The number of amides is 1. The van der Waals surface area contributed by atoms with Gasteiger partial charge in [0.2, 0.25) is 5.91 Å². The fraction of sp³-hybridized carbons (Fsp3) is 0.0952. The molecule has 0 bridgehead atoms. The lowest BCUT2D eigenvalue weighted by Gasteiger charge is -2.11. The minimum atomic E-state index is -0.136. The van der Waals surface area contributed by atoms with Crippen LogP contribution in [0.2, 0.25) is 0 Å². The van der Waals surface area contributed by atoms with Crippen LogP contribution in [0.4, 0.5) is 11.4 Å². The SMILES string of the molecule is CN(C)c1ccc(/C=C/C(=O)Nc2cccc3ccccc23)cc1. The Balaban J connectivity index is 1.73. The molecule has 0 aliphatic rings. The lowest BCUT2D eigenvalue weighted by Crippen LogP contribution is -2.08. The monoisotopic (exact) mass is 316 g/mol. The minimum absolute atomic E-state index is 0.136. The second-order valence-electron chi connectivity index (χ2n) is 5.84. The number of hydrogen-bond donors (Lipinski definition) is 1. The molecule has 120 valence electrons. The average Bonchev–Trinajstić information content (AvgIpc) is 2.61. The number of benzene rings is 3. The molecule has 0 aromatic heterocycles. The van der Waals surface area contributed by atoms with Crippen LogP contribution in [0.25, 0.3) is 16.8 Å². The maximum absolute atomic E-state index is 12.2. The Morgan fingerprint density at radius 3 is 2.38 bits per heavy atom. The van der Waals surface area contributed by atoms with Gasteiger partial charge in [-0.3, -0.25) is 4.79 Å². The van der Waals surface area contributed by atoms with Crippen molar-refractivity contribution in [3.63, 3.8) is 0 Å². The summed E-state index contributed by atoms with van der Waals surface area (Å²) in [5, 5.41) is 5.10. The Hall–Kier alpha value is -3.07. The van der Waals surface area contributed by atoms with Gasteiger partial charge < -0.3 is 10.2 Å². The van der Waals surface area contributed by atoms with Crippen molar-refractivity contribution in [1.82, 2.24) is 0 Å². The number of nitrogens with zero attached hydrogens (tertiary/aromatic N) is 1. The minimum Gasteiger partial charge on any atom is -0.378 e. The maximum atomic E-state index is 12.2. The quantitative estimate of drug-likeness (QED) is 0.716. The van der Waals surface area contributed by atoms with E-state index in [0.29, 0.717) is 0 Å². The van der Waals surface area contributed by atoms with Gasteiger partial charge in [0, 0.05) is 36.9 Å². The summed E-state index contributed by atoms with van der Waals surface area (Å²) < 4.78 is 0. The van der Waals surface area contributed by atoms with Crippen LogP contribution in [-0.2, 0) is 4.79 Å². The number of carbonyl (C=O) groups is 1. The van der Waals surface area contributed by atoms with Gasteiger partial charge in [0.15, 0.2) is 0 Å². The summed E-state index contributed by atoms with van der Waals surface area (Å²) in [5.41, 5.74) is 2.95. The third-order valence-corrected chi connectivity index (χ3v) is 3.88. The number of nitrogens with one attached hydrogen (secondary N) is 1. The van der Waals surface area contributed by atoms with Gasteiger partial charge in [-0.15, -0.1) is 0 Å². The second-order valence-corrected chi connectivity index (χ2v) is 5.84. The zero-order chi connectivity index (χ0) is 16.9. The maximum Gasteiger partial charge on any atom is 0.248 e. The van der Waals surface area contributed by atoms with Gasteiger partial charge in [-0.2, -0.15) is 0 Å². The summed E-state index contributed by atoms with van der Waals surface area (Å²) in [6.07, 6.45) is 3.38. The Morgan fingerprint density at radius 1 is 0.917 bits per heavy atom. The normalized spacial score (nSPS) is 10.9. The van der Waals surface area contributed by atoms with Crippen LogP contribution in [0, 0.1) is 0 Å². The van der Waals surface area contributed by atoms with Crippen LogP contribution in [-0.4, -0.2) is 20.0 Å². The molecule has 0 saturated heterocycles. The Kier molecular flexibility index (Phi) is 4.62. The van der Waals surface area contributed by atoms with Gasteiger partial charge >= 0.3 is 0 Å². The van der Waals surface area contributed by atoms with Crippen molar-refractivity contribution >= 4 is 34.1 Å². The molecule has 24 heavy (non-hydrogen) atoms. The van der Waals surface area contributed by atoms with Crippen molar-refractivity contribution in [2.45, 2.75) is 0 Å². The van der Waals surface area contributed by atoms with Crippen LogP contribution < -0.4 is 10.2 Å². The van der Waals surface area contributed by atoms with E-state index < -0.39 is 0 Å². The fourth-order valence-electron chi connectivity index (χ4n) is 2.56. The van der Waals surface area contributed by atoms with Gasteiger partial charge in [0.25, 0.3) is 0 Å². The smallest absolute Gasteiger partial charge is 0.248 e. The highest BCUT2D eigenvalue weighted by Crippen LogP contribution is 2.23. The molecule has 0 fully saturated rings. The summed E-state index contributed by atoms with van der Waals surface area (Å²) in [4.78, 5) is 14.2. The molecule has 1 amide bonds. The number of anilines is 2. The van der Waals surface area contributed by atoms with Gasteiger partial charge in [0.1, 0.15) is 0 Å². The first-order valence-electron chi connectivity index (χ1n) is 7.88. The predicted molar refractivity (Wildman–Crippen MR) is 102 cm³/mol. The van der Waals surface area contributed by atoms with E-state index in [4.69, 9.17) is 0 Å². The van der Waals surface area contributed by atoms with E-state index in [0.717, 1.165) is 27.7 Å². The average molecular weight is 316 g/mol. The molecule has 0 unspecified atom stereocenters. The van der Waals surface area contributed by atoms with E-state index in [1.807, 2.05) is 91.8 Å². The molecule has 3 aromatic rings. The zero-order valence-electron chi connectivity index (χ0n) is 13.9. The first kappa shape index (κ1) is 15.8. The standard InChI is InChI=1S/C21H20N2O/c1-23(2)18-13-10-16(11-14-18)12-15-21(24)22-20-9-5-7-17-6-3-4-8-19(17)20/h3-15H,1-2H3,(H,22,24)/b15-12+. The largest absolute Gasteiger partial charge is 0.378 e. The van der Waals surface area contributed by atoms with Crippen molar-refractivity contribution in [3.8, 4) is 0 Å². The van der Waals surface area contributed by atoms with Crippen LogP contribution in [0.3, 0.4) is 0 Å². The number of carbonyl (C=O) groups excluding carboxylic acids is 1. The van der Waals surface area contributed by atoms with E-state index in [1.54, 1.807) is 6.08 Å². The Morgan fingerprint density at radius 2 is 1.62 bits per heavy atom. The highest BCUT2D eigenvalue weighted by atomic mass is 16.1. The summed E-state index contributed by atoms with van der Waals surface area (Å²) in [6.45, 7) is 0. The molecule has 3 heteroatoms. The molecule has 3 aromatic carbocycles. The second kappa shape index (κ2) is 7.01. The van der Waals surface area contributed by atoms with E-state index in [9.17, 15) is 4.79 Å². The van der Waals surface area contributed by atoms with E-state index in [-0.39, 0.29) is 5.91 Å². The van der Waals surface area contributed by atoms with Crippen LogP contribution >= 0.6 is 0 Å². The Bertz CT molecular complexity index is 874. The molecule has 0 aliphatic heterocycles. The Labute approximate surface area is 142 Å². The number of hydrogen-bond acceptors (Lipinski definition) is 2. The van der Waals surface area contributed by atoms with Crippen LogP contribution in [0.1, 0.15) is 5.56 Å². The van der Waals surface area contributed by atoms with Crippen molar-refractivity contribution in [3.05, 3.63) is 78.4 Å². The molecular formula is C21H20N2O. The van der Waals surface area contributed by atoms with Gasteiger partial charge in [-0.25, -0.2) is 0 Å². The van der Waals surface area contributed by atoms with Gasteiger partial charge in [0.05, 0.1) is 0 Å². The topological polar surface area (TPSA) is 32.3 Å². The molecule has 1 N–H and O–H groups in total. The number of rotatable bonds is 4. The summed E-state index contributed by atoms with van der Waals surface area (Å²) in [7, 11) is 4.00. The third kappa shape index (κ3) is 3.63. The fourth-order valence-corrected chi connectivity index (χ4v) is 2.56. The first-order chi connectivity index (χ1) is 11.6. The van der Waals surface area contributed by atoms with E-state index >= 15 is 0 Å². The molecule has 0 radical (unpaired) electrons. The highest BCUT2D eigenvalue weighted by molar-refractivity contribution is 6.07. The summed E-state index contributed by atoms with van der Waals surface area (Å²) >= 11 is 0. The van der Waals surface area contributed by atoms with Crippen molar-refractivity contribution < 1.29 is 4.79 Å². The third-order valence-electron chi connectivity index (χ3n) is 3.88. The molecule has 0 heterocycles. The van der Waals surface area contributed by atoms with E-state index in [2.05, 4.69) is 5.32 Å². The molecule has 3 rings (SSSR count). The molecule has 0 aliphatic carbocycles. The van der Waals surface area contributed by atoms with E-state index in [1.165, 1.54) is 0 Å². The van der Waals surface area contributed by atoms with Crippen molar-refractivity contribution in [2.75, 3.05) is 24.3 Å². The lowest BCUT2D eigenvalue weighted by molar-refractivity contribution is -0.111. The predicted octanol–water partition coefficient (Wildman–Crippen LogP) is 4.56. The first-order valence-corrected chi connectivity index (χ1v) is 7.88. The van der Waals surface area contributed by atoms with Gasteiger partial charge in [-0.1, -0.05) is 48.5 Å². The summed E-state index contributed by atoms with van der Waals surface area (Å²) in [5.74, 6) is -0.136. The molecule has 0 spiro atoms. The highest BCUT2D eigenvalue weighted by Gasteiger charge is 2.02. The van der Waals surface area contributed by atoms with Crippen LogP contribution in [0.15, 0.2) is 72.8 Å².